The van der Waals surface area contributed by atoms with Crippen LogP contribution in [0.4, 0.5) is 0 Å². The zero-order valence-corrected chi connectivity index (χ0v) is 14.3. The predicted octanol–water partition coefficient (Wildman–Crippen LogP) is 2.33. The predicted molar refractivity (Wildman–Crippen MR) is 91.5 cm³/mol. The van der Waals surface area contributed by atoms with Crippen LogP contribution in [0.1, 0.15) is 24.3 Å². The Bertz CT molecular complexity index is 663. The van der Waals surface area contributed by atoms with Crippen molar-refractivity contribution in [2.24, 2.45) is 0 Å². The van der Waals surface area contributed by atoms with E-state index < -0.39 is 0 Å². The van der Waals surface area contributed by atoms with Crippen molar-refractivity contribution in [2.45, 2.75) is 37.5 Å². The Labute approximate surface area is 147 Å². The molecule has 4 rings (SSSR count). The summed E-state index contributed by atoms with van der Waals surface area (Å²) in [4.78, 5) is 0. The Morgan fingerprint density at radius 1 is 1.12 bits per heavy atom. The van der Waals surface area contributed by atoms with E-state index in [1.807, 2.05) is 36.4 Å². The van der Waals surface area contributed by atoms with E-state index in [0.717, 1.165) is 49.7 Å². The minimum atomic E-state index is -0.0313. The van der Waals surface area contributed by atoms with Gasteiger partial charge >= 0.3 is 0 Å². The fourth-order valence-electron chi connectivity index (χ4n) is 3.38. The van der Waals surface area contributed by atoms with Crippen LogP contribution in [-0.2, 0) is 22.5 Å². The zero-order valence-electron chi connectivity index (χ0n) is 14.3. The lowest BCUT2D eigenvalue weighted by Crippen LogP contribution is -2.65. The number of para-hydroxylation sites is 1. The quantitative estimate of drug-likeness (QED) is 0.832. The highest BCUT2D eigenvalue weighted by molar-refractivity contribution is 5.21. The maximum absolute atomic E-state index is 5.71. The first-order chi connectivity index (χ1) is 12.3. The van der Waals surface area contributed by atoms with Crippen molar-refractivity contribution < 1.29 is 18.7 Å². The summed E-state index contributed by atoms with van der Waals surface area (Å²) in [6, 6.07) is 12.2. The third kappa shape index (κ3) is 4.21. The van der Waals surface area contributed by atoms with Gasteiger partial charge in [-0.25, -0.2) is 0 Å². The van der Waals surface area contributed by atoms with Crippen LogP contribution in [0, 0.1) is 0 Å². The van der Waals surface area contributed by atoms with Gasteiger partial charge in [-0.15, -0.1) is 0 Å². The Morgan fingerprint density at radius 2 is 1.92 bits per heavy atom. The summed E-state index contributed by atoms with van der Waals surface area (Å²) in [5.74, 6) is 1.56. The molecule has 1 aromatic carbocycles. The van der Waals surface area contributed by atoms with Crippen molar-refractivity contribution in [1.29, 1.82) is 0 Å². The molecule has 0 spiro atoms. The molecule has 25 heavy (non-hydrogen) atoms. The van der Waals surface area contributed by atoms with Crippen LogP contribution in [-0.4, -0.2) is 43.2 Å². The average molecular weight is 344 g/mol. The number of nitrogens with zero attached hydrogens (tertiary/aromatic N) is 1. The van der Waals surface area contributed by atoms with Gasteiger partial charge in [0.05, 0.1) is 24.4 Å². The molecule has 0 unspecified atom stereocenters. The summed E-state index contributed by atoms with van der Waals surface area (Å²) in [7, 11) is 0. The molecule has 0 radical (unpaired) electrons. The monoisotopic (exact) mass is 344 g/mol. The molecule has 0 atom stereocenters. The highest BCUT2D eigenvalue weighted by atomic mass is 16.5. The van der Waals surface area contributed by atoms with Crippen LogP contribution in [0.2, 0.25) is 0 Å². The minimum Gasteiger partial charge on any atom is -0.486 e. The number of aromatic nitrogens is 1. The van der Waals surface area contributed by atoms with Crippen molar-refractivity contribution in [1.82, 2.24) is 10.5 Å². The van der Waals surface area contributed by atoms with Gasteiger partial charge in [-0.1, -0.05) is 23.4 Å². The summed E-state index contributed by atoms with van der Waals surface area (Å²) in [6.45, 7) is 3.48. The standard InChI is InChI=1S/C19H24N2O4/c1-2-4-17(5-3-1)24-12-18-10-16(21-25-18)11-19(13-23-14-19)20-15-6-8-22-9-7-15/h1-5,10,15,20H,6-9,11-14H2. The van der Waals surface area contributed by atoms with Gasteiger partial charge < -0.3 is 24.1 Å². The number of benzene rings is 1. The highest BCUT2D eigenvalue weighted by Crippen LogP contribution is 2.25. The number of hydrogen-bond donors (Lipinski definition) is 1. The fraction of sp³-hybridized carbons (Fsp3) is 0.526. The van der Waals surface area contributed by atoms with Gasteiger partial charge in [-0.3, -0.25) is 0 Å². The first-order valence-corrected chi connectivity index (χ1v) is 8.87. The van der Waals surface area contributed by atoms with Crippen LogP contribution in [0.3, 0.4) is 0 Å². The molecule has 0 amide bonds. The molecule has 6 heteroatoms. The Hall–Kier alpha value is -1.89. The second-order valence-corrected chi connectivity index (χ2v) is 6.87. The molecule has 134 valence electrons. The van der Waals surface area contributed by atoms with Crippen LogP contribution in [0.15, 0.2) is 40.9 Å². The van der Waals surface area contributed by atoms with Gasteiger partial charge in [-0.2, -0.15) is 0 Å². The number of ether oxygens (including phenoxy) is 3. The van der Waals surface area contributed by atoms with Crippen molar-refractivity contribution >= 4 is 0 Å². The van der Waals surface area contributed by atoms with Crippen molar-refractivity contribution in [3.8, 4) is 5.75 Å². The van der Waals surface area contributed by atoms with Crippen LogP contribution >= 0.6 is 0 Å². The third-order valence-corrected chi connectivity index (χ3v) is 4.74. The van der Waals surface area contributed by atoms with E-state index in [4.69, 9.17) is 18.7 Å². The molecular formula is C19H24N2O4. The van der Waals surface area contributed by atoms with Gasteiger partial charge in [0.25, 0.3) is 0 Å². The summed E-state index contributed by atoms with van der Waals surface area (Å²) in [6.07, 6.45) is 2.91. The smallest absolute Gasteiger partial charge is 0.174 e. The molecule has 0 aliphatic carbocycles. The molecule has 3 heterocycles. The van der Waals surface area contributed by atoms with Gasteiger partial charge in [0, 0.05) is 31.7 Å². The first-order valence-electron chi connectivity index (χ1n) is 8.87. The molecule has 2 aromatic rings. The number of rotatable bonds is 7. The maximum Gasteiger partial charge on any atom is 0.174 e. The summed E-state index contributed by atoms with van der Waals surface area (Å²) < 4.78 is 22.1. The lowest BCUT2D eigenvalue weighted by atomic mass is 9.89. The topological polar surface area (TPSA) is 65.8 Å². The lowest BCUT2D eigenvalue weighted by Gasteiger charge is -2.45. The Balaban J connectivity index is 1.33. The molecule has 0 bridgehead atoms. The number of hydrogen-bond acceptors (Lipinski definition) is 6. The van der Waals surface area contributed by atoms with E-state index in [1.54, 1.807) is 0 Å². The van der Waals surface area contributed by atoms with Crippen molar-refractivity contribution in [3.05, 3.63) is 47.9 Å². The molecule has 1 aromatic heterocycles. The Morgan fingerprint density at radius 3 is 2.64 bits per heavy atom. The molecule has 2 saturated heterocycles. The molecular weight excluding hydrogens is 320 g/mol. The van der Waals surface area contributed by atoms with E-state index in [9.17, 15) is 0 Å². The average Bonchev–Trinajstić information content (AvgIpc) is 3.07. The summed E-state index contributed by atoms with van der Waals surface area (Å²) in [5, 5.41) is 7.98. The van der Waals surface area contributed by atoms with E-state index in [1.165, 1.54) is 0 Å². The van der Waals surface area contributed by atoms with Gasteiger partial charge in [0.1, 0.15) is 12.4 Å². The number of nitrogens with one attached hydrogen (secondary N) is 1. The zero-order chi connectivity index (χ0) is 17.0. The molecule has 1 N–H and O–H groups in total. The molecule has 6 nitrogen and oxygen atoms in total. The van der Waals surface area contributed by atoms with E-state index >= 15 is 0 Å². The van der Waals surface area contributed by atoms with Crippen LogP contribution < -0.4 is 10.1 Å². The van der Waals surface area contributed by atoms with Gasteiger partial charge in [0.2, 0.25) is 0 Å². The molecule has 2 aliphatic heterocycles. The largest absolute Gasteiger partial charge is 0.486 e. The second kappa shape index (κ2) is 7.56. The summed E-state index contributed by atoms with van der Waals surface area (Å²) in [5.41, 5.74) is 0.908. The molecule has 2 aliphatic rings. The fourth-order valence-corrected chi connectivity index (χ4v) is 3.38. The highest BCUT2D eigenvalue weighted by Gasteiger charge is 2.41. The molecule has 0 saturated carbocycles. The molecule has 2 fully saturated rings. The maximum atomic E-state index is 5.71. The first kappa shape index (κ1) is 16.6. The lowest BCUT2D eigenvalue weighted by molar-refractivity contribution is -0.0854. The van der Waals surface area contributed by atoms with E-state index in [2.05, 4.69) is 10.5 Å². The van der Waals surface area contributed by atoms with Crippen LogP contribution in [0.25, 0.3) is 0 Å². The van der Waals surface area contributed by atoms with Gasteiger partial charge in [0.15, 0.2) is 5.76 Å². The SMILES string of the molecule is c1ccc(OCc2cc(CC3(NC4CCOCC4)COC3)no2)cc1. The van der Waals surface area contributed by atoms with Gasteiger partial charge in [-0.05, 0) is 25.0 Å². The summed E-state index contributed by atoms with van der Waals surface area (Å²) >= 11 is 0. The van der Waals surface area contributed by atoms with Crippen molar-refractivity contribution in [3.63, 3.8) is 0 Å². The van der Waals surface area contributed by atoms with E-state index in [-0.39, 0.29) is 5.54 Å². The van der Waals surface area contributed by atoms with E-state index in [0.29, 0.717) is 25.9 Å². The second-order valence-electron chi connectivity index (χ2n) is 6.87. The van der Waals surface area contributed by atoms with Crippen LogP contribution in [0.5, 0.6) is 5.75 Å². The minimum absolute atomic E-state index is 0.0313. The van der Waals surface area contributed by atoms with Crippen molar-refractivity contribution in [2.75, 3.05) is 26.4 Å². The Kier molecular flexibility index (Phi) is 5.01. The third-order valence-electron chi connectivity index (χ3n) is 4.74. The normalized spacial score (nSPS) is 20.2.